The third kappa shape index (κ3) is 4.98. The van der Waals surface area contributed by atoms with E-state index < -0.39 is 0 Å². The minimum Gasteiger partial charge on any atom is -0.478 e. The van der Waals surface area contributed by atoms with Crippen LogP contribution in [0.15, 0.2) is 18.3 Å². The van der Waals surface area contributed by atoms with Crippen molar-refractivity contribution in [2.75, 3.05) is 13.2 Å². The maximum absolute atomic E-state index is 11.8. The van der Waals surface area contributed by atoms with Crippen molar-refractivity contribution in [1.29, 1.82) is 0 Å². The molecule has 5 nitrogen and oxygen atoms in total. The summed E-state index contributed by atoms with van der Waals surface area (Å²) >= 11 is 0. The van der Waals surface area contributed by atoms with Gasteiger partial charge in [-0.15, -0.1) is 12.4 Å². The van der Waals surface area contributed by atoms with Crippen molar-refractivity contribution in [2.45, 2.75) is 38.8 Å². The first-order valence-corrected chi connectivity index (χ1v) is 6.88. The van der Waals surface area contributed by atoms with Gasteiger partial charge in [-0.25, -0.2) is 4.98 Å². The van der Waals surface area contributed by atoms with Gasteiger partial charge in [-0.2, -0.15) is 0 Å². The molecule has 112 valence electrons. The number of pyridine rings is 1. The molecule has 1 aromatic rings. The topological polar surface area (TPSA) is 63.2 Å². The first-order chi connectivity index (χ1) is 9.29. The molecule has 1 saturated heterocycles. The van der Waals surface area contributed by atoms with E-state index in [2.05, 4.69) is 22.5 Å². The molecule has 1 aromatic heterocycles. The molecule has 0 saturated carbocycles. The number of nitrogens with one attached hydrogen (secondary N) is 2. The minimum atomic E-state index is -0.0277. The van der Waals surface area contributed by atoms with Gasteiger partial charge in [0.2, 0.25) is 11.8 Å². The Morgan fingerprint density at radius 1 is 1.55 bits per heavy atom. The van der Waals surface area contributed by atoms with E-state index in [0.29, 0.717) is 19.0 Å². The molecule has 1 fully saturated rings. The van der Waals surface area contributed by atoms with Gasteiger partial charge in [-0.3, -0.25) is 4.79 Å². The summed E-state index contributed by atoms with van der Waals surface area (Å²) in [6, 6.07) is 3.74. The number of hydrogen-bond acceptors (Lipinski definition) is 4. The van der Waals surface area contributed by atoms with Crippen molar-refractivity contribution in [2.24, 2.45) is 0 Å². The molecule has 2 N–H and O–H groups in total. The van der Waals surface area contributed by atoms with Crippen molar-refractivity contribution in [3.8, 4) is 5.88 Å². The lowest BCUT2D eigenvalue weighted by molar-refractivity contribution is -0.122. The second kappa shape index (κ2) is 8.76. The Morgan fingerprint density at radius 3 is 3.00 bits per heavy atom. The average molecular weight is 300 g/mol. The van der Waals surface area contributed by atoms with E-state index in [-0.39, 0.29) is 24.4 Å². The van der Waals surface area contributed by atoms with E-state index in [1.165, 1.54) is 0 Å². The SMILES string of the molecule is CCCOc1ccc(CNC(=O)C2CCCN2)cn1.Cl. The fraction of sp³-hybridized carbons (Fsp3) is 0.571. The lowest BCUT2D eigenvalue weighted by Crippen LogP contribution is -2.40. The Morgan fingerprint density at radius 2 is 2.40 bits per heavy atom. The van der Waals surface area contributed by atoms with Crippen LogP contribution in [0, 0.1) is 0 Å². The Labute approximate surface area is 125 Å². The molecule has 0 bridgehead atoms. The summed E-state index contributed by atoms with van der Waals surface area (Å²) in [4.78, 5) is 16.0. The van der Waals surface area contributed by atoms with E-state index in [0.717, 1.165) is 31.4 Å². The standard InChI is InChI=1S/C14H21N3O2.ClH/c1-2-8-19-13-6-5-11(9-16-13)10-17-14(18)12-4-3-7-15-12;/h5-6,9,12,15H,2-4,7-8,10H2,1H3,(H,17,18);1H. The minimum absolute atomic E-state index is 0. The van der Waals surface area contributed by atoms with Crippen LogP contribution in [0.2, 0.25) is 0 Å². The van der Waals surface area contributed by atoms with Crippen molar-refractivity contribution in [3.05, 3.63) is 23.9 Å². The average Bonchev–Trinajstić information content (AvgIpc) is 2.98. The van der Waals surface area contributed by atoms with Gasteiger partial charge in [-0.05, 0) is 31.4 Å². The maximum Gasteiger partial charge on any atom is 0.237 e. The van der Waals surface area contributed by atoms with E-state index in [1.807, 2.05) is 12.1 Å². The van der Waals surface area contributed by atoms with Crippen LogP contribution >= 0.6 is 12.4 Å². The molecule has 1 aliphatic heterocycles. The molecule has 6 heteroatoms. The van der Waals surface area contributed by atoms with Crippen LogP contribution in [0.25, 0.3) is 0 Å². The summed E-state index contributed by atoms with van der Waals surface area (Å²) in [5, 5.41) is 6.10. The highest BCUT2D eigenvalue weighted by atomic mass is 35.5. The van der Waals surface area contributed by atoms with Crippen LogP contribution in [0.5, 0.6) is 5.88 Å². The maximum atomic E-state index is 11.8. The summed E-state index contributed by atoms with van der Waals surface area (Å²) in [6.45, 7) is 4.18. The highest BCUT2D eigenvalue weighted by Crippen LogP contribution is 2.09. The molecule has 0 aromatic carbocycles. The van der Waals surface area contributed by atoms with E-state index in [1.54, 1.807) is 6.20 Å². The monoisotopic (exact) mass is 299 g/mol. The van der Waals surface area contributed by atoms with Crippen LogP contribution < -0.4 is 15.4 Å². The molecule has 0 spiro atoms. The van der Waals surface area contributed by atoms with E-state index in [4.69, 9.17) is 4.74 Å². The zero-order valence-electron chi connectivity index (χ0n) is 11.7. The molecule has 1 aliphatic rings. The summed E-state index contributed by atoms with van der Waals surface area (Å²) in [5.41, 5.74) is 0.982. The Hall–Kier alpha value is -1.33. The van der Waals surface area contributed by atoms with Crippen LogP contribution in [0.4, 0.5) is 0 Å². The molecule has 2 heterocycles. The molecule has 20 heavy (non-hydrogen) atoms. The first kappa shape index (κ1) is 16.7. The predicted octanol–water partition coefficient (Wildman–Crippen LogP) is 1.66. The molecule has 1 amide bonds. The van der Waals surface area contributed by atoms with Crippen molar-refractivity contribution >= 4 is 18.3 Å². The number of halogens is 1. The van der Waals surface area contributed by atoms with Gasteiger partial charge in [0.1, 0.15) is 0 Å². The van der Waals surface area contributed by atoms with Gasteiger partial charge < -0.3 is 15.4 Å². The summed E-state index contributed by atoms with van der Waals surface area (Å²) in [7, 11) is 0. The lowest BCUT2D eigenvalue weighted by Gasteiger charge is -2.11. The van der Waals surface area contributed by atoms with Crippen molar-refractivity contribution in [3.63, 3.8) is 0 Å². The molecule has 1 atom stereocenters. The number of carbonyl (C=O) groups is 1. The third-order valence-corrected chi connectivity index (χ3v) is 3.10. The molecule has 0 radical (unpaired) electrons. The van der Waals surface area contributed by atoms with E-state index >= 15 is 0 Å². The largest absolute Gasteiger partial charge is 0.478 e. The highest BCUT2D eigenvalue weighted by Gasteiger charge is 2.21. The van der Waals surface area contributed by atoms with Crippen molar-refractivity contribution < 1.29 is 9.53 Å². The third-order valence-electron chi connectivity index (χ3n) is 3.10. The number of aromatic nitrogens is 1. The molecule has 2 rings (SSSR count). The van der Waals surface area contributed by atoms with Gasteiger partial charge in [0.25, 0.3) is 0 Å². The first-order valence-electron chi connectivity index (χ1n) is 6.88. The van der Waals surface area contributed by atoms with Crippen molar-refractivity contribution in [1.82, 2.24) is 15.6 Å². The number of nitrogens with zero attached hydrogens (tertiary/aromatic N) is 1. The molecular formula is C14H22ClN3O2. The predicted molar refractivity (Wildman–Crippen MR) is 80.1 cm³/mol. The smallest absolute Gasteiger partial charge is 0.237 e. The Bertz CT molecular complexity index is 405. The summed E-state index contributed by atoms with van der Waals surface area (Å²) in [6.07, 6.45) is 4.71. The van der Waals surface area contributed by atoms with Crippen LogP contribution in [-0.4, -0.2) is 30.1 Å². The molecular weight excluding hydrogens is 278 g/mol. The van der Waals surface area contributed by atoms with Crippen LogP contribution in [0.1, 0.15) is 31.7 Å². The highest BCUT2D eigenvalue weighted by molar-refractivity contribution is 5.85. The second-order valence-electron chi connectivity index (χ2n) is 4.72. The number of carbonyl (C=O) groups excluding carboxylic acids is 1. The normalized spacial score (nSPS) is 17.4. The second-order valence-corrected chi connectivity index (χ2v) is 4.72. The number of rotatable bonds is 6. The van der Waals surface area contributed by atoms with Crippen LogP contribution in [-0.2, 0) is 11.3 Å². The Kier molecular flexibility index (Phi) is 7.33. The number of hydrogen-bond donors (Lipinski definition) is 2. The zero-order chi connectivity index (χ0) is 13.5. The van der Waals surface area contributed by atoms with Gasteiger partial charge >= 0.3 is 0 Å². The molecule has 0 aliphatic carbocycles. The van der Waals surface area contributed by atoms with Gasteiger partial charge in [0, 0.05) is 18.8 Å². The summed E-state index contributed by atoms with van der Waals surface area (Å²) in [5.74, 6) is 0.707. The number of ether oxygens (including phenoxy) is 1. The van der Waals surface area contributed by atoms with Gasteiger partial charge in [0.15, 0.2) is 0 Å². The quantitative estimate of drug-likeness (QED) is 0.838. The molecule has 1 unspecified atom stereocenters. The van der Waals surface area contributed by atoms with Gasteiger partial charge in [0.05, 0.1) is 12.6 Å². The van der Waals surface area contributed by atoms with Crippen LogP contribution in [0.3, 0.4) is 0 Å². The Balaban J connectivity index is 0.00000200. The number of amides is 1. The van der Waals surface area contributed by atoms with Gasteiger partial charge in [-0.1, -0.05) is 13.0 Å². The lowest BCUT2D eigenvalue weighted by atomic mass is 10.2. The fourth-order valence-electron chi connectivity index (χ4n) is 2.03. The fourth-order valence-corrected chi connectivity index (χ4v) is 2.03. The van der Waals surface area contributed by atoms with E-state index in [9.17, 15) is 4.79 Å². The summed E-state index contributed by atoms with van der Waals surface area (Å²) < 4.78 is 5.41. The zero-order valence-corrected chi connectivity index (χ0v) is 12.5.